The number of carbonyl (C=O) groups is 1. The second-order valence-corrected chi connectivity index (χ2v) is 6.91. The molecule has 0 spiro atoms. The minimum Gasteiger partial charge on any atom is -0.493 e. The third-order valence-corrected chi connectivity index (χ3v) is 4.55. The molecular weight excluding hydrogens is 453 g/mol. The van der Waals surface area contributed by atoms with Crippen LogP contribution in [0.1, 0.15) is 15.9 Å². The van der Waals surface area contributed by atoms with Gasteiger partial charge in [-0.3, -0.25) is 4.79 Å². The van der Waals surface area contributed by atoms with Gasteiger partial charge >= 0.3 is 0 Å². The molecule has 2 aromatic carbocycles. The van der Waals surface area contributed by atoms with E-state index in [9.17, 15) is 9.18 Å². The van der Waals surface area contributed by atoms with Crippen molar-refractivity contribution in [2.24, 2.45) is 0 Å². The maximum atomic E-state index is 14.0. The lowest BCUT2D eigenvalue weighted by Crippen LogP contribution is -2.03. The molecule has 0 fully saturated rings. The Kier molecular flexibility index (Phi) is 6.16. The van der Waals surface area contributed by atoms with Gasteiger partial charge in [0.25, 0.3) is 0 Å². The number of hydrogen-bond donors (Lipinski definition) is 0. The number of methoxy groups -OCH3 is 2. The first-order chi connectivity index (χ1) is 13.4. The van der Waals surface area contributed by atoms with E-state index in [1.165, 1.54) is 44.7 Å². The monoisotopic (exact) mass is 465 g/mol. The Morgan fingerprint density at radius 1 is 1.04 bits per heavy atom. The van der Waals surface area contributed by atoms with Gasteiger partial charge in [0.05, 0.1) is 19.2 Å². The van der Waals surface area contributed by atoms with Crippen molar-refractivity contribution in [3.63, 3.8) is 0 Å². The van der Waals surface area contributed by atoms with Gasteiger partial charge in [-0.1, -0.05) is 27.5 Å². The van der Waals surface area contributed by atoms with Crippen molar-refractivity contribution >= 4 is 33.3 Å². The van der Waals surface area contributed by atoms with Crippen molar-refractivity contribution in [3.05, 3.63) is 75.1 Å². The van der Waals surface area contributed by atoms with E-state index in [0.717, 1.165) is 0 Å². The highest BCUT2D eigenvalue weighted by Gasteiger charge is 2.15. The van der Waals surface area contributed by atoms with Gasteiger partial charge in [0.1, 0.15) is 0 Å². The Morgan fingerprint density at radius 2 is 1.75 bits per heavy atom. The summed E-state index contributed by atoms with van der Waals surface area (Å²) in [5.74, 6) is 0.0405. The van der Waals surface area contributed by atoms with Crippen molar-refractivity contribution in [1.29, 1.82) is 0 Å². The van der Waals surface area contributed by atoms with Gasteiger partial charge in [-0.15, -0.1) is 0 Å². The van der Waals surface area contributed by atoms with Crippen molar-refractivity contribution in [2.75, 3.05) is 14.2 Å². The number of ether oxygens (including phenoxy) is 3. The molecular formula is C20H14BrClFNO4. The van der Waals surface area contributed by atoms with E-state index >= 15 is 0 Å². The molecule has 144 valence electrons. The molecule has 0 N–H and O–H groups in total. The van der Waals surface area contributed by atoms with Gasteiger partial charge in [-0.25, -0.2) is 9.37 Å². The number of benzene rings is 2. The molecule has 0 bridgehead atoms. The molecule has 0 aliphatic heterocycles. The summed E-state index contributed by atoms with van der Waals surface area (Å²) < 4.78 is 30.3. The largest absolute Gasteiger partial charge is 0.493 e. The Bertz CT molecular complexity index is 1000. The minimum atomic E-state index is -0.633. The lowest BCUT2D eigenvalue weighted by molar-refractivity contribution is 0.103. The van der Waals surface area contributed by atoms with E-state index < -0.39 is 5.82 Å². The van der Waals surface area contributed by atoms with Gasteiger partial charge in [-0.2, -0.15) is 0 Å². The highest BCUT2D eigenvalue weighted by atomic mass is 79.9. The van der Waals surface area contributed by atoms with E-state index in [1.807, 2.05) is 0 Å². The van der Waals surface area contributed by atoms with Crippen LogP contribution in [0.3, 0.4) is 0 Å². The average Bonchev–Trinajstić information content (AvgIpc) is 2.70. The number of nitrogens with zero attached hydrogens (tertiary/aromatic N) is 1. The molecule has 0 amide bonds. The van der Waals surface area contributed by atoms with Crippen molar-refractivity contribution in [1.82, 2.24) is 4.98 Å². The fraction of sp³-hybridized carbons (Fsp3) is 0.100. The molecule has 0 atom stereocenters. The van der Waals surface area contributed by atoms with Crippen LogP contribution in [-0.2, 0) is 0 Å². The summed E-state index contributed by atoms with van der Waals surface area (Å²) in [6.07, 6.45) is 1.35. The van der Waals surface area contributed by atoms with E-state index in [4.69, 9.17) is 25.8 Å². The third kappa shape index (κ3) is 4.26. The zero-order chi connectivity index (χ0) is 20.3. The molecule has 0 aliphatic carbocycles. The van der Waals surface area contributed by atoms with Gasteiger partial charge in [0.2, 0.25) is 5.88 Å². The first kappa shape index (κ1) is 20.1. The SMILES string of the molecule is COc1ccc(C(=O)c2ccc(Oc3c(F)cc(Br)cc3Cl)nc2)cc1OC. The van der Waals surface area contributed by atoms with Gasteiger partial charge in [0.15, 0.2) is 28.8 Å². The lowest BCUT2D eigenvalue weighted by atomic mass is 10.0. The quantitative estimate of drug-likeness (QED) is 0.438. The van der Waals surface area contributed by atoms with Gasteiger partial charge in [0, 0.05) is 27.9 Å². The maximum absolute atomic E-state index is 14.0. The summed E-state index contributed by atoms with van der Waals surface area (Å²) in [6, 6.07) is 10.6. The number of ketones is 1. The summed E-state index contributed by atoms with van der Waals surface area (Å²) in [5.41, 5.74) is 0.747. The first-order valence-electron chi connectivity index (χ1n) is 7.98. The minimum absolute atomic E-state index is 0.0964. The van der Waals surface area contributed by atoms with Crippen molar-refractivity contribution < 1.29 is 23.4 Å². The molecule has 0 radical (unpaired) electrons. The molecule has 0 saturated heterocycles. The highest BCUT2D eigenvalue weighted by Crippen LogP contribution is 2.34. The first-order valence-corrected chi connectivity index (χ1v) is 9.15. The molecule has 28 heavy (non-hydrogen) atoms. The van der Waals surface area contributed by atoms with Gasteiger partial charge < -0.3 is 14.2 Å². The number of halogens is 3. The second-order valence-electron chi connectivity index (χ2n) is 5.58. The van der Waals surface area contributed by atoms with Crippen LogP contribution in [0.2, 0.25) is 5.02 Å². The predicted octanol–water partition coefficient (Wildman–Crippen LogP) is 5.68. The number of carbonyl (C=O) groups excluding carboxylic acids is 1. The molecule has 3 aromatic rings. The van der Waals surface area contributed by atoms with Crippen LogP contribution < -0.4 is 14.2 Å². The van der Waals surface area contributed by atoms with Crippen LogP contribution in [0.4, 0.5) is 4.39 Å². The fourth-order valence-corrected chi connectivity index (χ4v) is 3.26. The average molecular weight is 467 g/mol. The number of rotatable bonds is 6. The molecule has 3 rings (SSSR count). The number of hydrogen-bond acceptors (Lipinski definition) is 5. The summed E-state index contributed by atoms with van der Waals surface area (Å²) in [5, 5.41) is 0.0964. The van der Waals surface area contributed by atoms with Gasteiger partial charge in [-0.05, 0) is 36.4 Å². The van der Waals surface area contributed by atoms with E-state index in [1.54, 1.807) is 18.2 Å². The van der Waals surface area contributed by atoms with Crippen LogP contribution in [0.25, 0.3) is 0 Å². The lowest BCUT2D eigenvalue weighted by Gasteiger charge is -2.10. The Labute approximate surface area is 174 Å². The molecule has 8 heteroatoms. The normalized spacial score (nSPS) is 10.5. The standard InChI is InChI=1S/C20H14BrClFNO4/c1-26-16-5-3-11(7-17(16)27-2)19(25)12-4-6-18(24-10-12)28-20-14(22)8-13(21)9-15(20)23/h3-10H,1-2H3. The Morgan fingerprint density at radius 3 is 2.36 bits per heavy atom. The van der Waals surface area contributed by atoms with Crippen LogP contribution in [0.15, 0.2) is 53.1 Å². The number of pyridine rings is 1. The Balaban J connectivity index is 1.82. The molecule has 1 aromatic heterocycles. The van der Waals surface area contributed by atoms with Crippen LogP contribution in [0.5, 0.6) is 23.1 Å². The molecule has 0 unspecified atom stereocenters. The van der Waals surface area contributed by atoms with Crippen molar-refractivity contribution in [3.8, 4) is 23.1 Å². The fourth-order valence-electron chi connectivity index (χ4n) is 2.45. The smallest absolute Gasteiger partial charge is 0.219 e. The molecule has 5 nitrogen and oxygen atoms in total. The molecule has 0 aliphatic rings. The highest BCUT2D eigenvalue weighted by molar-refractivity contribution is 9.10. The van der Waals surface area contributed by atoms with Crippen LogP contribution in [0, 0.1) is 5.82 Å². The summed E-state index contributed by atoms with van der Waals surface area (Å²) in [6.45, 7) is 0. The van der Waals surface area contributed by atoms with Crippen molar-refractivity contribution in [2.45, 2.75) is 0 Å². The summed E-state index contributed by atoms with van der Waals surface area (Å²) >= 11 is 9.15. The van der Waals surface area contributed by atoms with Crippen LogP contribution >= 0.6 is 27.5 Å². The predicted molar refractivity (Wildman–Crippen MR) is 106 cm³/mol. The zero-order valence-corrected chi connectivity index (χ0v) is 17.2. The summed E-state index contributed by atoms with van der Waals surface area (Å²) in [7, 11) is 3.01. The van der Waals surface area contributed by atoms with E-state index in [0.29, 0.717) is 27.1 Å². The second kappa shape index (κ2) is 8.58. The topological polar surface area (TPSA) is 57.7 Å². The van der Waals surface area contributed by atoms with Crippen LogP contribution in [-0.4, -0.2) is 25.0 Å². The maximum Gasteiger partial charge on any atom is 0.219 e. The molecule has 0 saturated carbocycles. The van der Waals surface area contributed by atoms with E-state index in [2.05, 4.69) is 20.9 Å². The zero-order valence-electron chi connectivity index (χ0n) is 14.8. The molecule has 1 heterocycles. The third-order valence-electron chi connectivity index (χ3n) is 3.81. The summed E-state index contributed by atoms with van der Waals surface area (Å²) in [4.78, 5) is 16.7. The Hall–Kier alpha value is -2.64. The van der Waals surface area contributed by atoms with E-state index in [-0.39, 0.29) is 22.4 Å². The number of aromatic nitrogens is 1.